The van der Waals surface area contributed by atoms with Crippen LogP contribution in [0.5, 0.6) is 0 Å². The van der Waals surface area contributed by atoms with Gasteiger partial charge >= 0.3 is 0 Å². The number of hydrogen-bond donors (Lipinski definition) is 2. The van der Waals surface area contributed by atoms with Crippen LogP contribution < -0.4 is 10.0 Å². The van der Waals surface area contributed by atoms with Gasteiger partial charge < -0.3 is 5.32 Å². The lowest BCUT2D eigenvalue weighted by atomic mass is 10.0. The van der Waals surface area contributed by atoms with E-state index in [0.717, 1.165) is 19.5 Å². The van der Waals surface area contributed by atoms with E-state index in [2.05, 4.69) is 10.0 Å². The lowest BCUT2D eigenvalue weighted by Crippen LogP contribution is -2.49. The highest BCUT2D eigenvalue weighted by atomic mass is 32.2. The predicted octanol–water partition coefficient (Wildman–Crippen LogP) is 0.0662. The molecule has 1 heterocycles. The molecule has 2 N–H and O–H groups in total. The fourth-order valence-electron chi connectivity index (χ4n) is 1.37. The van der Waals surface area contributed by atoms with Gasteiger partial charge in [-0.25, -0.2) is 13.1 Å². The Bertz CT molecular complexity index is 266. The highest BCUT2D eigenvalue weighted by Gasteiger charge is 2.33. The van der Waals surface area contributed by atoms with Crippen LogP contribution in [0.25, 0.3) is 0 Å². The third-order valence-electron chi connectivity index (χ3n) is 2.38. The first kappa shape index (κ1) is 10.9. The molecule has 1 atom stereocenters. The van der Waals surface area contributed by atoms with Crippen LogP contribution in [0.4, 0.5) is 0 Å². The van der Waals surface area contributed by atoms with Gasteiger partial charge in [0, 0.05) is 12.1 Å². The van der Waals surface area contributed by atoms with Crippen molar-refractivity contribution in [2.75, 3.05) is 13.1 Å². The van der Waals surface area contributed by atoms with Crippen molar-refractivity contribution in [1.82, 2.24) is 10.0 Å². The van der Waals surface area contributed by atoms with Crippen molar-refractivity contribution in [2.24, 2.45) is 0 Å². The van der Waals surface area contributed by atoms with Crippen molar-refractivity contribution in [3.63, 3.8) is 0 Å². The normalized spacial score (nSPS) is 29.8. The highest BCUT2D eigenvalue weighted by molar-refractivity contribution is 7.90. The molecule has 1 unspecified atom stereocenters. The zero-order valence-electron chi connectivity index (χ0n) is 8.42. The molecule has 78 valence electrons. The molecule has 5 heteroatoms. The minimum absolute atomic E-state index is 0.289. The molecule has 0 spiro atoms. The molecule has 1 aliphatic rings. The van der Waals surface area contributed by atoms with E-state index in [-0.39, 0.29) is 10.8 Å². The second-order valence-corrected chi connectivity index (χ2v) is 6.42. The Kier molecular flexibility index (Phi) is 2.99. The van der Waals surface area contributed by atoms with Crippen molar-refractivity contribution in [3.05, 3.63) is 0 Å². The van der Waals surface area contributed by atoms with Crippen molar-refractivity contribution < 1.29 is 8.42 Å². The summed E-state index contributed by atoms with van der Waals surface area (Å²) in [5, 5.41) is 2.79. The first-order valence-corrected chi connectivity index (χ1v) is 6.14. The Morgan fingerprint density at radius 2 is 2.08 bits per heavy atom. The van der Waals surface area contributed by atoms with E-state index >= 15 is 0 Å². The third-order valence-corrected chi connectivity index (χ3v) is 4.40. The Morgan fingerprint density at radius 1 is 1.46 bits per heavy atom. The molecule has 1 fully saturated rings. The summed E-state index contributed by atoms with van der Waals surface area (Å²) < 4.78 is 25.8. The van der Waals surface area contributed by atoms with E-state index in [1.807, 2.05) is 6.92 Å². The summed E-state index contributed by atoms with van der Waals surface area (Å²) in [6.07, 6.45) is 0.860. The van der Waals surface area contributed by atoms with E-state index in [9.17, 15) is 8.42 Å². The van der Waals surface area contributed by atoms with Crippen LogP contribution in [0, 0.1) is 0 Å². The molecule has 0 aromatic rings. The van der Waals surface area contributed by atoms with Gasteiger partial charge in [0.05, 0.1) is 5.25 Å². The number of hydrogen-bond acceptors (Lipinski definition) is 3. The van der Waals surface area contributed by atoms with Crippen LogP contribution >= 0.6 is 0 Å². The van der Waals surface area contributed by atoms with Gasteiger partial charge in [0.1, 0.15) is 0 Å². The Morgan fingerprint density at radius 3 is 2.46 bits per heavy atom. The first-order chi connectivity index (χ1) is 5.86. The maximum absolute atomic E-state index is 11.6. The topological polar surface area (TPSA) is 58.2 Å². The SMILES string of the molecule is CC(C)S(=O)(=O)NC1(C)CCNC1. The van der Waals surface area contributed by atoms with Gasteiger partial charge in [0.2, 0.25) is 10.0 Å². The largest absolute Gasteiger partial charge is 0.315 e. The monoisotopic (exact) mass is 206 g/mol. The zero-order valence-corrected chi connectivity index (χ0v) is 9.24. The summed E-state index contributed by atoms with van der Waals surface area (Å²) in [5.74, 6) is 0. The second kappa shape index (κ2) is 3.55. The first-order valence-electron chi connectivity index (χ1n) is 4.59. The summed E-state index contributed by atoms with van der Waals surface area (Å²) in [6, 6.07) is 0. The maximum atomic E-state index is 11.6. The van der Waals surface area contributed by atoms with Crippen LogP contribution in [-0.2, 0) is 10.0 Å². The molecule has 4 nitrogen and oxygen atoms in total. The quantitative estimate of drug-likeness (QED) is 0.687. The Hall–Kier alpha value is -0.130. The summed E-state index contributed by atoms with van der Waals surface area (Å²) in [6.45, 7) is 6.92. The van der Waals surface area contributed by atoms with E-state index in [4.69, 9.17) is 0 Å². The highest BCUT2D eigenvalue weighted by Crippen LogP contribution is 2.15. The molecule has 1 aliphatic heterocycles. The molecular formula is C8H18N2O2S. The van der Waals surface area contributed by atoms with Crippen LogP contribution in [0.1, 0.15) is 27.2 Å². The average molecular weight is 206 g/mol. The molecule has 1 rings (SSSR count). The van der Waals surface area contributed by atoms with Gasteiger partial charge in [-0.05, 0) is 33.7 Å². The van der Waals surface area contributed by atoms with Crippen molar-refractivity contribution in [2.45, 2.75) is 38.0 Å². The summed E-state index contributed by atoms with van der Waals surface area (Å²) in [7, 11) is -3.13. The van der Waals surface area contributed by atoms with Crippen LogP contribution in [0.15, 0.2) is 0 Å². The summed E-state index contributed by atoms with van der Waals surface area (Å²) >= 11 is 0. The zero-order chi connectivity index (χ0) is 10.1. The number of nitrogens with one attached hydrogen (secondary N) is 2. The van der Waals surface area contributed by atoms with Gasteiger partial charge in [-0.2, -0.15) is 0 Å². The van der Waals surface area contributed by atoms with Crippen LogP contribution in [0.3, 0.4) is 0 Å². The van der Waals surface area contributed by atoms with Crippen LogP contribution in [0.2, 0.25) is 0 Å². The lowest BCUT2D eigenvalue weighted by Gasteiger charge is -2.25. The smallest absolute Gasteiger partial charge is 0.214 e. The molecular weight excluding hydrogens is 188 g/mol. The van der Waals surface area contributed by atoms with E-state index < -0.39 is 10.0 Å². The van der Waals surface area contributed by atoms with E-state index in [1.165, 1.54) is 0 Å². The second-order valence-electron chi connectivity index (χ2n) is 4.18. The predicted molar refractivity (Wildman–Crippen MR) is 53.1 cm³/mol. The van der Waals surface area contributed by atoms with Crippen LogP contribution in [-0.4, -0.2) is 32.3 Å². The lowest BCUT2D eigenvalue weighted by molar-refractivity contribution is 0.449. The molecule has 0 amide bonds. The molecule has 0 aliphatic carbocycles. The Labute approximate surface area is 80.1 Å². The van der Waals surface area contributed by atoms with Crippen molar-refractivity contribution in [1.29, 1.82) is 0 Å². The van der Waals surface area contributed by atoms with Gasteiger partial charge in [-0.15, -0.1) is 0 Å². The molecule has 13 heavy (non-hydrogen) atoms. The van der Waals surface area contributed by atoms with Gasteiger partial charge in [-0.1, -0.05) is 0 Å². The standard InChI is InChI=1S/C8H18N2O2S/c1-7(2)13(11,12)10-8(3)4-5-9-6-8/h7,9-10H,4-6H2,1-3H3. The molecule has 0 aromatic carbocycles. The number of sulfonamides is 1. The van der Waals surface area contributed by atoms with Gasteiger partial charge in [0.15, 0.2) is 0 Å². The molecule has 1 saturated heterocycles. The van der Waals surface area contributed by atoms with E-state index in [0.29, 0.717) is 0 Å². The minimum atomic E-state index is -3.13. The van der Waals surface area contributed by atoms with Crippen molar-refractivity contribution in [3.8, 4) is 0 Å². The third kappa shape index (κ3) is 2.65. The summed E-state index contributed by atoms with van der Waals surface area (Å²) in [5.41, 5.74) is -0.289. The average Bonchev–Trinajstić information content (AvgIpc) is 2.34. The van der Waals surface area contributed by atoms with E-state index in [1.54, 1.807) is 13.8 Å². The summed E-state index contributed by atoms with van der Waals surface area (Å²) in [4.78, 5) is 0. The fourth-order valence-corrected chi connectivity index (χ4v) is 2.46. The minimum Gasteiger partial charge on any atom is -0.315 e. The molecule has 0 saturated carbocycles. The van der Waals surface area contributed by atoms with Crippen molar-refractivity contribution >= 4 is 10.0 Å². The Balaban J connectivity index is 2.67. The van der Waals surface area contributed by atoms with Gasteiger partial charge in [-0.3, -0.25) is 0 Å². The molecule has 0 radical (unpaired) electrons. The van der Waals surface area contributed by atoms with Gasteiger partial charge in [0.25, 0.3) is 0 Å². The fraction of sp³-hybridized carbons (Fsp3) is 1.00. The molecule has 0 bridgehead atoms. The molecule has 0 aromatic heterocycles. The maximum Gasteiger partial charge on any atom is 0.214 e. The number of rotatable bonds is 3.